The Morgan fingerprint density at radius 3 is 2.31 bits per heavy atom. The molecule has 0 radical (unpaired) electrons. The number of allylic oxidation sites excluding steroid dienone is 1. The van der Waals surface area contributed by atoms with Crippen molar-refractivity contribution >= 4 is 55.4 Å². The van der Waals surface area contributed by atoms with Crippen molar-refractivity contribution < 1.29 is 26.2 Å². The summed E-state index contributed by atoms with van der Waals surface area (Å²) in [7, 11) is 0. The molecule has 0 saturated carbocycles. The van der Waals surface area contributed by atoms with Crippen LogP contribution in [0.25, 0.3) is 23.9 Å². The minimum Gasteiger partial charge on any atom is -0.355 e. The van der Waals surface area contributed by atoms with Gasteiger partial charge < -0.3 is 4.57 Å². The second-order valence-electron chi connectivity index (χ2n) is 5.71. The molecule has 0 aliphatic heterocycles. The molecule has 0 atom stereocenters. The van der Waals surface area contributed by atoms with E-state index in [1.54, 1.807) is 0 Å². The first-order valence-corrected chi connectivity index (χ1v) is 7.64. The van der Waals surface area contributed by atoms with Gasteiger partial charge >= 0.3 is 0 Å². The van der Waals surface area contributed by atoms with Crippen LogP contribution in [0.15, 0.2) is 60.7 Å². The number of hydrogen-bond acceptors (Lipinski definition) is 0. The minimum atomic E-state index is 0. The third-order valence-corrected chi connectivity index (χ3v) is 4.43. The van der Waals surface area contributed by atoms with E-state index >= 15 is 0 Å². The first-order chi connectivity index (χ1) is 10.9. The largest absolute Gasteiger partial charge is 0.355 e. The molecule has 26 heavy (non-hydrogen) atoms. The fourth-order valence-corrected chi connectivity index (χ4v) is 3.50. The summed E-state index contributed by atoms with van der Waals surface area (Å²) in [6, 6.07) is 19.1. The van der Waals surface area contributed by atoms with Gasteiger partial charge in [-0.2, -0.15) is 0 Å². The van der Waals surface area contributed by atoms with Crippen molar-refractivity contribution in [3.05, 3.63) is 92.9 Å². The molecule has 3 aromatic rings. The summed E-state index contributed by atoms with van der Waals surface area (Å²) < 4.78 is 2.38. The van der Waals surface area contributed by atoms with Crippen molar-refractivity contribution in [2.45, 2.75) is 6.42 Å². The molecule has 5 heteroatoms. The standard InChI is InChI=1S/C21H14N.3ClH.Zr/c1-2-9-16(10-3-1)22-20-13-7-6-12-18(20)19-14-15-8-4-5-11-17(15)21(19)22;;;;/h1-6,8-13H,7H2;3*1H;/q-1;;;;. The van der Waals surface area contributed by atoms with Gasteiger partial charge in [-0.1, -0.05) is 71.0 Å². The molecular formula is C21H17Cl3NZr-. The first kappa shape index (κ1) is 23.0. The van der Waals surface area contributed by atoms with Crippen molar-refractivity contribution in [3.63, 3.8) is 0 Å². The van der Waals surface area contributed by atoms with E-state index in [0.29, 0.717) is 0 Å². The molecule has 1 aromatic heterocycles. The van der Waals surface area contributed by atoms with E-state index in [-0.39, 0.29) is 63.4 Å². The summed E-state index contributed by atoms with van der Waals surface area (Å²) in [6.45, 7) is 0. The van der Waals surface area contributed by atoms with E-state index in [4.69, 9.17) is 0 Å². The van der Waals surface area contributed by atoms with Crippen LogP contribution in [-0.4, -0.2) is 4.57 Å². The molecular weight excluding hydrogens is 464 g/mol. The van der Waals surface area contributed by atoms with Gasteiger partial charge in [0, 0.05) is 37.2 Å². The maximum Gasteiger partial charge on any atom is 0.0378 e. The van der Waals surface area contributed by atoms with Crippen LogP contribution in [0.3, 0.4) is 0 Å². The molecule has 0 saturated heterocycles. The average Bonchev–Trinajstić information content (AvgIpc) is 3.10. The van der Waals surface area contributed by atoms with Crippen molar-refractivity contribution in [1.82, 2.24) is 4.57 Å². The molecule has 0 bridgehead atoms. The predicted molar refractivity (Wildman–Crippen MR) is 112 cm³/mol. The molecule has 5 rings (SSSR count). The van der Waals surface area contributed by atoms with E-state index in [1.807, 2.05) is 0 Å². The number of hydrogen-bond donors (Lipinski definition) is 0. The molecule has 0 spiro atoms. The zero-order valence-corrected chi connectivity index (χ0v) is 18.7. The number of aromatic nitrogens is 1. The number of fused-ring (bicyclic) bond motifs is 4. The van der Waals surface area contributed by atoms with E-state index in [2.05, 4.69) is 83.5 Å². The Morgan fingerprint density at radius 1 is 0.846 bits per heavy atom. The molecule has 0 fully saturated rings. The van der Waals surface area contributed by atoms with Crippen LogP contribution >= 0.6 is 37.2 Å². The second-order valence-corrected chi connectivity index (χ2v) is 5.71. The maximum atomic E-state index is 3.60. The Kier molecular flexibility index (Phi) is 8.17. The molecule has 0 amide bonds. The summed E-state index contributed by atoms with van der Waals surface area (Å²) in [6.07, 6.45) is 11.4. The van der Waals surface area contributed by atoms with Crippen LogP contribution < -0.4 is 10.6 Å². The fraction of sp³-hybridized carbons (Fsp3) is 0.0476. The van der Waals surface area contributed by atoms with Crippen LogP contribution in [-0.2, 0) is 26.2 Å². The molecule has 0 unspecified atom stereocenters. The Morgan fingerprint density at radius 2 is 1.54 bits per heavy atom. The Bertz CT molecular complexity index is 1150. The van der Waals surface area contributed by atoms with Crippen molar-refractivity contribution in [1.29, 1.82) is 0 Å². The summed E-state index contributed by atoms with van der Waals surface area (Å²) in [5.41, 5.74) is 3.73. The number of nitrogens with zero attached hydrogens (tertiary/aromatic N) is 1. The number of para-hydroxylation sites is 1. The van der Waals surface area contributed by atoms with E-state index in [1.165, 1.54) is 37.9 Å². The van der Waals surface area contributed by atoms with Gasteiger partial charge in [0.2, 0.25) is 0 Å². The van der Waals surface area contributed by atoms with Crippen LogP contribution in [0, 0.1) is 10.6 Å². The number of rotatable bonds is 1. The monoisotopic (exact) mass is 478 g/mol. The van der Waals surface area contributed by atoms with Gasteiger partial charge in [0.25, 0.3) is 0 Å². The third kappa shape index (κ3) is 3.41. The van der Waals surface area contributed by atoms with Gasteiger partial charge in [-0.3, -0.25) is 0 Å². The quantitative estimate of drug-likeness (QED) is 0.359. The first-order valence-electron chi connectivity index (χ1n) is 7.64. The molecule has 2 aliphatic carbocycles. The molecule has 132 valence electrons. The van der Waals surface area contributed by atoms with Gasteiger partial charge in [0.05, 0.1) is 0 Å². The SMILES string of the molecule is Cl.Cl.Cl.[C-]1=c2ccccc2=c2c1c1c(n2-c2ccccc2)=CCC=C1.[Zr]. The van der Waals surface area contributed by atoms with Crippen LogP contribution in [0.5, 0.6) is 0 Å². The van der Waals surface area contributed by atoms with Gasteiger partial charge in [-0.05, 0) is 23.9 Å². The average molecular weight is 481 g/mol. The van der Waals surface area contributed by atoms with Gasteiger partial charge in [-0.15, -0.1) is 54.6 Å². The molecule has 2 aliphatic rings. The molecule has 0 N–H and O–H groups in total. The normalized spacial score (nSPS) is 11.7. The van der Waals surface area contributed by atoms with E-state index < -0.39 is 0 Å². The topological polar surface area (TPSA) is 4.93 Å². The van der Waals surface area contributed by atoms with Crippen LogP contribution in [0.2, 0.25) is 0 Å². The maximum absolute atomic E-state index is 3.60. The molecule has 2 aromatic carbocycles. The van der Waals surface area contributed by atoms with Crippen LogP contribution in [0.1, 0.15) is 17.5 Å². The summed E-state index contributed by atoms with van der Waals surface area (Å²) >= 11 is 0. The third-order valence-electron chi connectivity index (χ3n) is 4.43. The zero-order valence-electron chi connectivity index (χ0n) is 13.8. The number of benzene rings is 2. The second kappa shape index (κ2) is 9.24. The summed E-state index contributed by atoms with van der Waals surface area (Å²) in [5, 5.41) is 5.03. The van der Waals surface area contributed by atoms with Crippen LogP contribution in [0.4, 0.5) is 0 Å². The van der Waals surface area contributed by atoms with Crippen molar-refractivity contribution in [3.8, 4) is 5.69 Å². The van der Waals surface area contributed by atoms with E-state index in [9.17, 15) is 0 Å². The Labute approximate surface area is 190 Å². The van der Waals surface area contributed by atoms with Gasteiger partial charge in [0.1, 0.15) is 0 Å². The molecule has 1 nitrogen and oxygen atoms in total. The predicted octanol–water partition coefficient (Wildman–Crippen LogP) is 4.24. The van der Waals surface area contributed by atoms with E-state index in [0.717, 1.165) is 6.42 Å². The number of halogens is 3. The summed E-state index contributed by atoms with van der Waals surface area (Å²) in [5.74, 6) is 0. The van der Waals surface area contributed by atoms with Crippen molar-refractivity contribution in [2.24, 2.45) is 0 Å². The zero-order chi connectivity index (χ0) is 14.5. The van der Waals surface area contributed by atoms with Crippen molar-refractivity contribution in [2.75, 3.05) is 0 Å². The molecule has 1 heterocycles. The Hall–Kier alpha value is -1.05. The smallest absolute Gasteiger partial charge is 0.0378 e. The van der Waals surface area contributed by atoms with Gasteiger partial charge in [0.15, 0.2) is 0 Å². The Balaban J connectivity index is 0.000000845. The van der Waals surface area contributed by atoms with Gasteiger partial charge in [-0.25, -0.2) is 0 Å². The summed E-state index contributed by atoms with van der Waals surface area (Å²) in [4.78, 5) is 0. The fourth-order valence-electron chi connectivity index (χ4n) is 3.50. The minimum absolute atomic E-state index is 0.